The maximum atomic E-state index is 5.75. The summed E-state index contributed by atoms with van der Waals surface area (Å²) in [6.07, 6.45) is 6.40. The zero-order valence-electron chi connectivity index (χ0n) is 18.4. The fraction of sp³-hybridized carbons (Fsp3) is 0.545. The molecule has 1 aromatic heterocycles. The third-order valence-corrected chi connectivity index (χ3v) is 5.35. The number of aromatic nitrogens is 3. The SMILES string of the molecule is CCOc1ccc(C=NNc2nc(N3CCCC3)nc(N3CCCC3)n2)c(OCC)c1. The van der Waals surface area contributed by atoms with Crippen LogP contribution in [0.3, 0.4) is 0 Å². The minimum Gasteiger partial charge on any atom is -0.494 e. The molecule has 9 nitrogen and oxygen atoms in total. The first-order valence-electron chi connectivity index (χ1n) is 11.2. The van der Waals surface area contributed by atoms with Crippen LogP contribution in [0.25, 0.3) is 0 Å². The number of hydrazone groups is 1. The molecule has 0 atom stereocenters. The molecule has 0 aliphatic carbocycles. The molecule has 2 aliphatic rings. The van der Waals surface area contributed by atoms with Gasteiger partial charge in [-0.05, 0) is 51.7 Å². The Morgan fingerprint density at radius 2 is 1.52 bits per heavy atom. The minimum absolute atomic E-state index is 0.457. The first-order chi connectivity index (χ1) is 15.3. The summed E-state index contributed by atoms with van der Waals surface area (Å²) in [6.45, 7) is 9.02. The molecular formula is C22H31N7O2. The molecule has 4 rings (SSSR count). The van der Waals surface area contributed by atoms with E-state index in [1.165, 1.54) is 25.7 Å². The summed E-state index contributed by atoms with van der Waals surface area (Å²) in [4.78, 5) is 18.4. The Morgan fingerprint density at radius 3 is 2.10 bits per heavy atom. The normalized spacial score (nSPS) is 16.3. The van der Waals surface area contributed by atoms with Crippen molar-refractivity contribution < 1.29 is 9.47 Å². The molecule has 2 aromatic rings. The van der Waals surface area contributed by atoms with Crippen molar-refractivity contribution in [3.8, 4) is 11.5 Å². The Morgan fingerprint density at radius 1 is 0.903 bits per heavy atom. The average molecular weight is 426 g/mol. The third-order valence-electron chi connectivity index (χ3n) is 5.35. The van der Waals surface area contributed by atoms with E-state index >= 15 is 0 Å². The largest absolute Gasteiger partial charge is 0.494 e. The molecular weight excluding hydrogens is 394 g/mol. The molecule has 31 heavy (non-hydrogen) atoms. The summed E-state index contributed by atoms with van der Waals surface area (Å²) in [6, 6.07) is 5.72. The molecule has 0 amide bonds. The first-order valence-corrected chi connectivity index (χ1v) is 11.2. The molecule has 1 N–H and O–H groups in total. The van der Waals surface area contributed by atoms with E-state index in [1.807, 2.05) is 32.0 Å². The zero-order chi connectivity index (χ0) is 21.5. The number of benzene rings is 1. The van der Waals surface area contributed by atoms with Crippen molar-refractivity contribution in [2.45, 2.75) is 39.5 Å². The van der Waals surface area contributed by atoms with Crippen LogP contribution in [0.1, 0.15) is 45.1 Å². The standard InChI is InChI=1S/C22H31N7O2/c1-3-30-18-10-9-17(19(15-18)31-4-2)16-23-27-20-24-21(28-11-5-6-12-28)26-22(25-20)29-13-7-8-14-29/h9-10,15-16H,3-8,11-14H2,1-2H3,(H,24,25,26,27). The summed E-state index contributed by atoms with van der Waals surface area (Å²) in [5, 5.41) is 4.38. The lowest BCUT2D eigenvalue weighted by atomic mass is 10.2. The molecule has 9 heteroatoms. The maximum absolute atomic E-state index is 5.75. The average Bonchev–Trinajstić information content (AvgIpc) is 3.50. The lowest BCUT2D eigenvalue weighted by Crippen LogP contribution is -2.25. The van der Waals surface area contributed by atoms with Crippen LogP contribution in [0.5, 0.6) is 11.5 Å². The number of rotatable bonds is 9. The highest BCUT2D eigenvalue weighted by molar-refractivity contribution is 5.84. The molecule has 0 unspecified atom stereocenters. The summed E-state index contributed by atoms with van der Waals surface area (Å²) in [7, 11) is 0. The number of ether oxygens (including phenoxy) is 2. The van der Waals surface area contributed by atoms with Gasteiger partial charge in [-0.2, -0.15) is 20.1 Å². The van der Waals surface area contributed by atoms with E-state index in [9.17, 15) is 0 Å². The van der Waals surface area contributed by atoms with Gasteiger partial charge in [-0.25, -0.2) is 5.43 Å². The van der Waals surface area contributed by atoms with Crippen LogP contribution in [0.2, 0.25) is 0 Å². The van der Waals surface area contributed by atoms with Crippen LogP contribution >= 0.6 is 0 Å². The molecule has 0 radical (unpaired) electrons. The lowest BCUT2D eigenvalue weighted by Gasteiger charge is -2.20. The Balaban J connectivity index is 1.53. The van der Waals surface area contributed by atoms with Crippen molar-refractivity contribution in [2.24, 2.45) is 5.10 Å². The minimum atomic E-state index is 0.457. The summed E-state index contributed by atoms with van der Waals surface area (Å²) in [5.41, 5.74) is 3.85. The number of nitrogens with zero attached hydrogens (tertiary/aromatic N) is 6. The van der Waals surface area contributed by atoms with Crippen LogP contribution in [-0.2, 0) is 0 Å². The molecule has 2 aliphatic heterocycles. The highest BCUT2D eigenvalue weighted by Gasteiger charge is 2.21. The van der Waals surface area contributed by atoms with Gasteiger partial charge in [0.15, 0.2) is 0 Å². The monoisotopic (exact) mass is 425 g/mol. The van der Waals surface area contributed by atoms with E-state index in [2.05, 4.69) is 30.3 Å². The second-order valence-corrected chi connectivity index (χ2v) is 7.58. The summed E-state index contributed by atoms with van der Waals surface area (Å²) < 4.78 is 11.3. The predicted molar refractivity (Wildman–Crippen MR) is 123 cm³/mol. The van der Waals surface area contributed by atoms with Crippen LogP contribution in [0, 0.1) is 0 Å². The Kier molecular flexibility index (Phi) is 7.01. The number of nitrogens with one attached hydrogen (secondary N) is 1. The summed E-state index contributed by atoms with van der Waals surface area (Å²) in [5.74, 6) is 3.41. The molecule has 2 fully saturated rings. The Hall–Kier alpha value is -3.10. The lowest BCUT2D eigenvalue weighted by molar-refractivity contribution is 0.323. The van der Waals surface area contributed by atoms with Gasteiger partial charge in [0.2, 0.25) is 17.8 Å². The van der Waals surface area contributed by atoms with Gasteiger partial charge in [-0.15, -0.1) is 0 Å². The van der Waals surface area contributed by atoms with Crippen molar-refractivity contribution in [1.82, 2.24) is 15.0 Å². The van der Waals surface area contributed by atoms with Crippen molar-refractivity contribution in [2.75, 3.05) is 54.6 Å². The van der Waals surface area contributed by atoms with Gasteiger partial charge in [0.25, 0.3) is 0 Å². The van der Waals surface area contributed by atoms with Gasteiger partial charge in [-0.3, -0.25) is 0 Å². The van der Waals surface area contributed by atoms with Crippen LogP contribution < -0.4 is 24.7 Å². The van der Waals surface area contributed by atoms with E-state index in [-0.39, 0.29) is 0 Å². The van der Waals surface area contributed by atoms with Gasteiger partial charge in [-0.1, -0.05) is 0 Å². The molecule has 0 bridgehead atoms. The Bertz CT molecular complexity index is 859. The third kappa shape index (κ3) is 5.34. The van der Waals surface area contributed by atoms with Gasteiger partial charge in [0, 0.05) is 37.8 Å². The van der Waals surface area contributed by atoms with Gasteiger partial charge in [0.1, 0.15) is 11.5 Å². The molecule has 3 heterocycles. The molecule has 166 valence electrons. The number of hydrogen-bond donors (Lipinski definition) is 1. The van der Waals surface area contributed by atoms with Crippen molar-refractivity contribution in [3.63, 3.8) is 0 Å². The topological polar surface area (TPSA) is 88.0 Å². The fourth-order valence-electron chi connectivity index (χ4n) is 3.84. The highest BCUT2D eigenvalue weighted by Crippen LogP contribution is 2.25. The fourth-order valence-corrected chi connectivity index (χ4v) is 3.84. The number of hydrogen-bond acceptors (Lipinski definition) is 9. The maximum Gasteiger partial charge on any atom is 0.250 e. The number of anilines is 3. The van der Waals surface area contributed by atoms with E-state index in [0.717, 1.165) is 55.1 Å². The van der Waals surface area contributed by atoms with Crippen LogP contribution in [-0.4, -0.2) is 60.6 Å². The van der Waals surface area contributed by atoms with Crippen LogP contribution in [0.4, 0.5) is 17.8 Å². The van der Waals surface area contributed by atoms with E-state index in [0.29, 0.717) is 19.2 Å². The predicted octanol–water partition coefficient (Wildman–Crippen LogP) is 3.32. The van der Waals surface area contributed by atoms with E-state index in [1.54, 1.807) is 6.21 Å². The van der Waals surface area contributed by atoms with Crippen molar-refractivity contribution in [3.05, 3.63) is 23.8 Å². The molecule has 0 saturated carbocycles. The quantitative estimate of drug-likeness (QED) is 0.484. The highest BCUT2D eigenvalue weighted by atomic mass is 16.5. The smallest absolute Gasteiger partial charge is 0.250 e. The zero-order valence-corrected chi connectivity index (χ0v) is 18.4. The molecule has 1 aromatic carbocycles. The molecule has 2 saturated heterocycles. The van der Waals surface area contributed by atoms with Crippen molar-refractivity contribution >= 4 is 24.1 Å². The van der Waals surface area contributed by atoms with Crippen LogP contribution in [0.15, 0.2) is 23.3 Å². The van der Waals surface area contributed by atoms with Gasteiger partial charge in [0.05, 0.1) is 19.4 Å². The molecule has 0 spiro atoms. The second kappa shape index (κ2) is 10.3. The van der Waals surface area contributed by atoms with Gasteiger partial charge >= 0.3 is 0 Å². The van der Waals surface area contributed by atoms with Gasteiger partial charge < -0.3 is 19.3 Å². The first kappa shape index (κ1) is 21.1. The second-order valence-electron chi connectivity index (χ2n) is 7.58. The van der Waals surface area contributed by atoms with E-state index < -0.39 is 0 Å². The van der Waals surface area contributed by atoms with Crippen molar-refractivity contribution in [1.29, 1.82) is 0 Å². The summed E-state index contributed by atoms with van der Waals surface area (Å²) >= 11 is 0. The van der Waals surface area contributed by atoms with E-state index in [4.69, 9.17) is 14.5 Å². The Labute approximate surface area is 183 Å².